The van der Waals surface area contributed by atoms with E-state index in [-0.39, 0.29) is 18.0 Å². The lowest BCUT2D eigenvalue weighted by Gasteiger charge is -2.19. The lowest BCUT2D eigenvalue weighted by Crippen LogP contribution is -2.35. The number of aryl methyl sites for hydroxylation is 1. The zero-order valence-corrected chi connectivity index (χ0v) is 11.5. The molecule has 102 valence electrons. The Morgan fingerprint density at radius 3 is 2.37 bits per heavy atom. The maximum absolute atomic E-state index is 11.9. The molecule has 0 aliphatic rings. The Labute approximate surface area is 113 Å². The van der Waals surface area contributed by atoms with Crippen molar-refractivity contribution in [2.75, 3.05) is 11.9 Å². The average Bonchev–Trinajstić information content (AvgIpc) is 2.37. The molecule has 0 radical (unpaired) electrons. The van der Waals surface area contributed by atoms with E-state index >= 15 is 0 Å². The summed E-state index contributed by atoms with van der Waals surface area (Å²) in [5, 5.41) is 2.98. The van der Waals surface area contributed by atoms with Crippen molar-refractivity contribution < 1.29 is 14.3 Å². The van der Waals surface area contributed by atoms with Crippen LogP contribution in [0.1, 0.15) is 19.4 Å². The SMILES string of the molecule is C=C(C(C)=O)C(Nc1ccc(C)cc1)C(=O)OCC. The van der Waals surface area contributed by atoms with E-state index in [0.717, 1.165) is 11.3 Å². The van der Waals surface area contributed by atoms with Gasteiger partial charge < -0.3 is 10.1 Å². The van der Waals surface area contributed by atoms with Crippen LogP contribution in [0.15, 0.2) is 36.4 Å². The second-order valence-electron chi connectivity index (χ2n) is 4.28. The average molecular weight is 261 g/mol. The number of hydrogen-bond acceptors (Lipinski definition) is 4. The molecule has 19 heavy (non-hydrogen) atoms. The third kappa shape index (κ3) is 4.25. The van der Waals surface area contributed by atoms with E-state index < -0.39 is 12.0 Å². The van der Waals surface area contributed by atoms with E-state index in [1.807, 2.05) is 31.2 Å². The number of benzene rings is 1. The van der Waals surface area contributed by atoms with Crippen molar-refractivity contribution in [3.05, 3.63) is 42.0 Å². The standard InChI is InChI=1S/C15H19NO3/c1-5-19-15(18)14(11(3)12(4)17)16-13-8-6-10(2)7-9-13/h6-9,14,16H,3,5H2,1-2,4H3. The van der Waals surface area contributed by atoms with Crippen LogP contribution in [0.4, 0.5) is 5.69 Å². The minimum absolute atomic E-state index is 0.194. The van der Waals surface area contributed by atoms with Crippen LogP contribution in [0, 0.1) is 6.92 Å². The van der Waals surface area contributed by atoms with Gasteiger partial charge in [-0.3, -0.25) is 4.79 Å². The summed E-state index contributed by atoms with van der Waals surface area (Å²) in [7, 11) is 0. The third-order valence-corrected chi connectivity index (χ3v) is 2.69. The molecule has 1 rings (SSSR count). The predicted octanol–water partition coefficient (Wildman–Crippen LogP) is 2.48. The van der Waals surface area contributed by atoms with Crippen LogP contribution in [0.3, 0.4) is 0 Å². The molecule has 1 aromatic carbocycles. The van der Waals surface area contributed by atoms with Gasteiger partial charge in [0.15, 0.2) is 11.8 Å². The van der Waals surface area contributed by atoms with Gasteiger partial charge in [-0.2, -0.15) is 0 Å². The highest BCUT2D eigenvalue weighted by atomic mass is 16.5. The van der Waals surface area contributed by atoms with Crippen molar-refractivity contribution in [1.29, 1.82) is 0 Å². The first-order valence-corrected chi connectivity index (χ1v) is 6.15. The highest BCUT2D eigenvalue weighted by Gasteiger charge is 2.25. The molecule has 0 bridgehead atoms. The minimum atomic E-state index is -0.847. The van der Waals surface area contributed by atoms with Crippen LogP contribution in [-0.2, 0) is 14.3 Å². The van der Waals surface area contributed by atoms with E-state index in [9.17, 15) is 9.59 Å². The third-order valence-electron chi connectivity index (χ3n) is 2.69. The molecule has 1 unspecified atom stereocenters. The Morgan fingerprint density at radius 2 is 1.89 bits per heavy atom. The lowest BCUT2D eigenvalue weighted by atomic mass is 10.1. The summed E-state index contributed by atoms with van der Waals surface area (Å²) < 4.78 is 4.96. The number of ketones is 1. The van der Waals surface area contributed by atoms with E-state index in [4.69, 9.17) is 4.74 Å². The minimum Gasteiger partial charge on any atom is -0.464 e. The first-order valence-electron chi connectivity index (χ1n) is 6.15. The van der Waals surface area contributed by atoms with Crippen LogP contribution in [0.5, 0.6) is 0 Å². The van der Waals surface area contributed by atoms with Crippen LogP contribution in [-0.4, -0.2) is 24.4 Å². The topological polar surface area (TPSA) is 55.4 Å². The van der Waals surface area contributed by atoms with Gasteiger partial charge in [0.2, 0.25) is 0 Å². The quantitative estimate of drug-likeness (QED) is 0.631. The molecule has 1 atom stereocenters. The zero-order chi connectivity index (χ0) is 14.4. The van der Waals surface area contributed by atoms with Gasteiger partial charge in [-0.05, 0) is 32.9 Å². The summed E-state index contributed by atoms with van der Waals surface area (Å²) in [5.74, 6) is -0.735. The Bertz CT molecular complexity index is 477. The van der Waals surface area contributed by atoms with Crippen molar-refractivity contribution in [2.45, 2.75) is 26.8 Å². The fraction of sp³-hybridized carbons (Fsp3) is 0.333. The van der Waals surface area contributed by atoms with Crippen LogP contribution >= 0.6 is 0 Å². The van der Waals surface area contributed by atoms with Crippen molar-refractivity contribution in [2.24, 2.45) is 0 Å². The van der Waals surface area contributed by atoms with Crippen molar-refractivity contribution >= 4 is 17.4 Å². The first kappa shape index (κ1) is 15.0. The molecular formula is C15H19NO3. The number of carbonyl (C=O) groups excluding carboxylic acids is 2. The van der Waals surface area contributed by atoms with Crippen LogP contribution in [0.25, 0.3) is 0 Å². The summed E-state index contributed by atoms with van der Waals surface area (Å²) in [6, 6.07) is 6.67. The molecule has 0 fully saturated rings. The molecule has 0 aromatic heterocycles. The molecule has 0 spiro atoms. The molecule has 4 nitrogen and oxygen atoms in total. The summed E-state index contributed by atoms with van der Waals surface area (Å²) in [5.41, 5.74) is 2.05. The largest absolute Gasteiger partial charge is 0.464 e. The normalized spacial score (nSPS) is 11.5. The van der Waals surface area contributed by atoms with Gasteiger partial charge in [0, 0.05) is 11.3 Å². The van der Waals surface area contributed by atoms with Crippen LogP contribution < -0.4 is 5.32 Å². The van der Waals surface area contributed by atoms with Crippen LogP contribution in [0.2, 0.25) is 0 Å². The number of ether oxygens (including phenoxy) is 1. The highest BCUT2D eigenvalue weighted by molar-refractivity contribution is 6.01. The number of carbonyl (C=O) groups is 2. The lowest BCUT2D eigenvalue weighted by molar-refractivity contribution is -0.143. The van der Waals surface area contributed by atoms with Gasteiger partial charge in [0.05, 0.1) is 6.61 Å². The molecule has 0 heterocycles. The zero-order valence-electron chi connectivity index (χ0n) is 11.5. The second-order valence-corrected chi connectivity index (χ2v) is 4.28. The van der Waals surface area contributed by atoms with Crippen molar-refractivity contribution in [3.63, 3.8) is 0 Å². The van der Waals surface area contributed by atoms with E-state index in [1.165, 1.54) is 6.92 Å². The molecular weight excluding hydrogens is 242 g/mol. The van der Waals surface area contributed by atoms with Gasteiger partial charge in [-0.25, -0.2) is 4.79 Å². The molecule has 0 saturated carbocycles. The summed E-state index contributed by atoms with van der Waals surface area (Å²) in [6.45, 7) is 8.99. The van der Waals surface area contributed by atoms with Gasteiger partial charge in [0.1, 0.15) is 0 Å². The summed E-state index contributed by atoms with van der Waals surface area (Å²) in [4.78, 5) is 23.3. The molecule has 0 amide bonds. The number of esters is 1. The van der Waals surface area contributed by atoms with Crippen molar-refractivity contribution in [1.82, 2.24) is 0 Å². The fourth-order valence-electron chi connectivity index (χ4n) is 1.53. The Kier molecular flexibility index (Phi) is 5.30. The molecule has 4 heteroatoms. The smallest absolute Gasteiger partial charge is 0.333 e. The summed E-state index contributed by atoms with van der Waals surface area (Å²) >= 11 is 0. The number of nitrogens with one attached hydrogen (secondary N) is 1. The van der Waals surface area contributed by atoms with Gasteiger partial charge in [-0.15, -0.1) is 0 Å². The number of hydrogen-bond donors (Lipinski definition) is 1. The maximum Gasteiger partial charge on any atom is 0.333 e. The molecule has 1 N–H and O–H groups in total. The number of anilines is 1. The molecule has 1 aromatic rings. The number of rotatable bonds is 6. The second kappa shape index (κ2) is 6.73. The van der Waals surface area contributed by atoms with E-state index in [1.54, 1.807) is 6.92 Å². The Hall–Kier alpha value is -2.10. The summed E-state index contributed by atoms with van der Waals surface area (Å²) in [6.07, 6.45) is 0. The molecule has 0 saturated heterocycles. The van der Waals surface area contributed by atoms with Crippen molar-refractivity contribution in [3.8, 4) is 0 Å². The van der Waals surface area contributed by atoms with Gasteiger partial charge >= 0.3 is 5.97 Å². The Morgan fingerprint density at radius 1 is 1.32 bits per heavy atom. The molecule has 0 aliphatic heterocycles. The predicted molar refractivity (Wildman–Crippen MR) is 75.0 cm³/mol. The van der Waals surface area contributed by atoms with E-state index in [0.29, 0.717) is 0 Å². The maximum atomic E-state index is 11.9. The van der Waals surface area contributed by atoms with Gasteiger partial charge in [0.25, 0.3) is 0 Å². The first-order chi connectivity index (χ1) is 8.95. The monoisotopic (exact) mass is 261 g/mol. The van der Waals surface area contributed by atoms with E-state index in [2.05, 4.69) is 11.9 Å². The molecule has 0 aliphatic carbocycles. The highest BCUT2D eigenvalue weighted by Crippen LogP contribution is 2.14. The number of Topliss-reactive ketones (excluding diaryl/α,β-unsaturated/α-hetero) is 1. The van der Waals surface area contributed by atoms with Gasteiger partial charge in [-0.1, -0.05) is 24.3 Å². The Balaban J connectivity index is 2.90. The fourth-order valence-corrected chi connectivity index (χ4v) is 1.53.